The van der Waals surface area contributed by atoms with Gasteiger partial charge < -0.3 is 5.73 Å². The van der Waals surface area contributed by atoms with E-state index in [9.17, 15) is 9.59 Å². The second kappa shape index (κ2) is 3.91. The van der Waals surface area contributed by atoms with Crippen LogP contribution in [-0.2, 0) is 11.3 Å². The first-order valence-corrected chi connectivity index (χ1v) is 5.71. The lowest BCUT2D eigenvalue weighted by Crippen LogP contribution is -2.29. The molecule has 0 saturated heterocycles. The Labute approximate surface area is 107 Å². The standard InChI is InChI=1S/C12H11N5O2/c1-7-14-9-5-3-2-4-8(9)11-15-16(6-10(13)18)12(19)17(7)11/h2-5H,6H2,1H3,(H2,13,18). The molecule has 2 heterocycles. The molecule has 19 heavy (non-hydrogen) atoms. The van der Waals surface area contributed by atoms with Crippen LogP contribution in [0.5, 0.6) is 0 Å². The number of primary amides is 1. The highest BCUT2D eigenvalue weighted by Gasteiger charge is 2.14. The molecule has 0 radical (unpaired) electrons. The lowest BCUT2D eigenvalue weighted by molar-refractivity contribution is -0.118. The van der Waals surface area contributed by atoms with Gasteiger partial charge in [-0.25, -0.2) is 18.9 Å². The summed E-state index contributed by atoms with van der Waals surface area (Å²) in [4.78, 5) is 27.4. The molecular formula is C12H11N5O2. The minimum Gasteiger partial charge on any atom is -0.368 e. The molecule has 7 nitrogen and oxygen atoms in total. The molecule has 2 N–H and O–H groups in total. The Morgan fingerprint density at radius 1 is 1.37 bits per heavy atom. The number of carbonyl (C=O) groups excluding carboxylic acids is 1. The van der Waals surface area contributed by atoms with Crippen molar-refractivity contribution in [1.29, 1.82) is 0 Å². The molecule has 0 fully saturated rings. The number of nitrogens with zero attached hydrogens (tertiary/aromatic N) is 4. The van der Waals surface area contributed by atoms with Crippen molar-refractivity contribution in [1.82, 2.24) is 19.2 Å². The average molecular weight is 257 g/mol. The lowest BCUT2D eigenvalue weighted by atomic mass is 10.2. The fourth-order valence-corrected chi connectivity index (χ4v) is 2.11. The second-order valence-electron chi connectivity index (χ2n) is 4.24. The van der Waals surface area contributed by atoms with E-state index in [1.165, 1.54) is 4.40 Å². The van der Waals surface area contributed by atoms with Gasteiger partial charge in [-0.1, -0.05) is 12.1 Å². The van der Waals surface area contributed by atoms with Crippen LogP contribution in [0.2, 0.25) is 0 Å². The lowest BCUT2D eigenvalue weighted by Gasteiger charge is -2.01. The van der Waals surface area contributed by atoms with Crippen LogP contribution < -0.4 is 11.4 Å². The van der Waals surface area contributed by atoms with E-state index in [4.69, 9.17) is 5.73 Å². The number of aromatic nitrogens is 4. The maximum atomic E-state index is 12.1. The number of carbonyl (C=O) groups is 1. The number of rotatable bonds is 2. The fourth-order valence-electron chi connectivity index (χ4n) is 2.11. The highest BCUT2D eigenvalue weighted by molar-refractivity contribution is 5.91. The summed E-state index contributed by atoms with van der Waals surface area (Å²) in [5, 5.41) is 4.93. The molecule has 3 aromatic rings. The summed E-state index contributed by atoms with van der Waals surface area (Å²) in [6, 6.07) is 7.39. The van der Waals surface area contributed by atoms with E-state index >= 15 is 0 Å². The van der Waals surface area contributed by atoms with E-state index in [1.807, 2.05) is 24.3 Å². The quantitative estimate of drug-likeness (QED) is 0.690. The van der Waals surface area contributed by atoms with E-state index in [0.717, 1.165) is 15.6 Å². The van der Waals surface area contributed by atoms with Crippen LogP contribution in [-0.4, -0.2) is 25.1 Å². The second-order valence-corrected chi connectivity index (χ2v) is 4.24. The highest BCUT2D eigenvalue weighted by Crippen LogP contribution is 2.16. The summed E-state index contributed by atoms with van der Waals surface area (Å²) in [6.07, 6.45) is 0. The van der Waals surface area contributed by atoms with E-state index in [1.54, 1.807) is 6.92 Å². The van der Waals surface area contributed by atoms with Crippen molar-refractivity contribution in [2.24, 2.45) is 5.73 Å². The zero-order valence-electron chi connectivity index (χ0n) is 10.2. The maximum Gasteiger partial charge on any atom is 0.352 e. The van der Waals surface area contributed by atoms with Crippen molar-refractivity contribution in [2.75, 3.05) is 0 Å². The molecule has 3 rings (SSSR count). The SMILES string of the molecule is Cc1nc2ccccc2c2nn(CC(N)=O)c(=O)n12. The third-order valence-electron chi connectivity index (χ3n) is 2.90. The maximum absolute atomic E-state index is 12.1. The van der Waals surface area contributed by atoms with E-state index in [2.05, 4.69) is 10.1 Å². The van der Waals surface area contributed by atoms with Crippen LogP contribution in [0.25, 0.3) is 16.6 Å². The summed E-state index contributed by atoms with van der Waals surface area (Å²) >= 11 is 0. The number of amides is 1. The topological polar surface area (TPSA) is 95.3 Å². The predicted octanol–water partition coefficient (Wildman–Crippen LogP) is -0.162. The average Bonchev–Trinajstić information content (AvgIpc) is 2.67. The van der Waals surface area contributed by atoms with Crippen molar-refractivity contribution in [3.8, 4) is 0 Å². The van der Waals surface area contributed by atoms with Crippen molar-refractivity contribution < 1.29 is 4.79 Å². The molecule has 1 aromatic carbocycles. The van der Waals surface area contributed by atoms with Crippen LogP contribution >= 0.6 is 0 Å². The van der Waals surface area contributed by atoms with Gasteiger partial charge in [-0.05, 0) is 19.1 Å². The summed E-state index contributed by atoms with van der Waals surface area (Å²) in [6.45, 7) is 1.48. The van der Waals surface area contributed by atoms with Gasteiger partial charge in [0.1, 0.15) is 12.4 Å². The molecule has 1 amide bonds. The number of hydrogen-bond donors (Lipinski definition) is 1. The van der Waals surface area contributed by atoms with E-state index in [-0.39, 0.29) is 6.54 Å². The zero-order chi connectivity index (χ0) is 13.6. The van der Waals surface area contributed by atoms with Gasteiger partial charge in [-0.2, -0.15) is 0 Å². The number of aryl methyl sites for hydroxylation is 1. The highest BCUT2D eigenvalue weighted by atomic mass is 16.2. The molecule has 96 valence electrons. The number of nitrogens with two attached hydrogens (primary N) is 1. The molecule has 0 atom stereocenters. The Morgan fingerprint density at radius 2 is 2.11 bits per heavy atom. The van der Waals surface area contributed by atoms with Crippen molar-refractivity contribution >= 4 is 22.5 Å². The number of benzene rings is 1. The first kappa shape index (κ1) is 11.4. The van der Waals surface area contributed by atoms with Crippen molar-refractivity contribution in [3.63, 3.8) is 0 Å². The van der Waals surface area contributed by atoms with Crippen molar-refractivity contribution in [3.05, 3.63) is 40.6 Å². The van der Waals surface area contributed by atoms with Gasteiger partial charge in [0, 0.05) is 5.39 Å². The molecule has 0 saturated carbocycles. The van der Waals surface area contributed by atoms with Gasteiger partial charge in [0.15, 0.2) is 5.65 Å². The molecule has 0 aliphatic heterocycles. The predicted molar refractivity (Wildman–Crippen MR) is 68.7 cm³/mol. The first-order valence-electron chi connectivity index (χ1n) is 5.71. The van der Waals surface area contributed by atoms with E-state index in [0.29, 0.717) is 11.5 Å². The van der Waals surface area contributed by atoms with Gasteiger partial charge >= 0.3 is 5.69 Å². The zero-order valence-corrected chi connectivity index (χ0v) is 10.2. The number of para-hydroxylation sites is 1. The molecule has 0 unspecified atom stereocenters. The van der Waals surface area contributed by atoms with Crippen LogP contribution in [0.1, 0.15) is 5.82 Å². The Kier molecular flexibility index (Phi) is 2.34. The molecule has 2 aromatic heterocycles. The third kappa shape index (κ3) is 1.67. The van der Waals surface area contributed by atoms with Gasteiger partial charge in [0.05, 0.1) is 5.52 Å². The van der Waals surface area contributed by atoms with E-state index < -0.39 is 11.6 Å². The minimum atomic E-state index is -0.611. The molecule has 0 spiro atoms. The minimum absolute atomic E-state index is 0.242. The summed E-state index contributed by atoms with van der Waals surface area (Å²) in [7, 11) is 0. The van der Waals surface area contributed by atoms with Crippen molar-refractivity contribution in [2.45, 2.75) is 13.5 Å². The third-order valence-corrected chi connectivity index (χ3v) is 2.90. The molecule has 0 bridgehead atoms. The fraction of sp³-hybridized carbons (Fsp3) is 0.167. The van der Waals surface area contributed by atoms with Crippen LogP contribution in [0.4, 0.5) is 0 Å². The van der Waals surface area contributed by atoms with Gasteiger partial charge in [-0.3, -0.25) is 4.79 Å². The number of hydrogen-bond acceptors (Lipinski definition) is 4. The first-order chi connectivity index (χ1) is 9.08. The molecular weight excluding hydrogens is 246 g/mol. The van der Waals surface area contributed by atoms with Crippen LogP contribution in [0.3, 0.4) is 0 Å². The number of fused-ring (bicyclic) bond motifs is 3. The molecule has 0 aliphatic carbocycles. The van der Waals surface area contributed by atoms with Crippen LogP contribution in [0, 0.1) is 6.92 Å². The Bertz CT molecular complexity index is 862. The monoisotopic (exact) mass is 257 g/mol. The molecule has 0 aliphatic rings. The van der Waals surface area contributed by atoms with Gasteiger partial charge in [-0.15, -0.1) is 5.10 Å². The Balaban J connectivity index is 2.45. The largest absolute Gasteiger partial charge is 0.368 e. The smallest absolute Gasteiger partial charge is 0.352 e. The Hall–Kier alpha value is -2.70. The molecule has 7 heteroatoms. The Morgan fingerprint density at radius 3 is 2.84 bits per heavy atom. The summed E-state index contributed by atoms with van der Waals surface area (Å²) in [5.41, 5.74) is 5.92. The van der Waals surface area contributed by atoms with Crippen LogP contribution in [0.15, 0.2) is 29.1 Å². The normalized spacial score (nSPS) is 11.2. The van der Waals surface area contributed by atoms with Gasteiger partial charge in [0.2, 0.25) is 5.91 Å². The van der Waals surface area contributed by atoms with Gasteiger partial charge in [0.25, 0.3) is 0 Å². The summed E-state index contributed by atoms with van der Waals surface area (Å²) < 4.78 is 2.43. The summed E-state index contributed by atoms with van der Waals surface area (Å²) in [5.74, 6) is -0.0881.